The third kappa shape index (κ3) is 4.55. The number of anilines is 1. The zero-order valence-electron chi connectivity index (χ0n) is 17.7. The molecule has 0 saturated heterocycles. The lowest BCUT2D eigenvalue weighted by Gasteiger charge is -2.28. The molecule has 0 spiro atoms. The highest BCUT2D eigenvalue weighted by Gasteiger charge is 2.21. The normalized spacial score (nSPS) is 16.2. The van der Waals surface area contributed by atoms with E-state index in [1.165, 1.54) is 11.6 Å². The van der Waals surface area contributed by atoms with E-state index in [-0.39, 0.29) is 11.9 Å². The zero-order valence-corrected chi connectivity index (χ0v) is 17.7. The molecule has 0 saturated carbocycles. The van der Waals surface area contributed by atoms with E-state index in [1.807, 2.05) is 30.3 Å². The first-order chi connectivity index (χ1) is 14.9. The third-order valence-electron chi connectivity index (χ3n) is 5.97. The van der Waals surface area contributed by atoms with Crippen molar-refractivity contribution in [2.75, 3.05) is 12.4 Å². The number of rotatable bonds is 6. The molecule has 0 radical (unpaired) electrons. The second kappa shape index (κ2) is 8.80. The van der Waals surface area contributed by atoms with Gasteiger partial charge in [-0.05, 0) is 65.8 Å². The van der Waals surface area contributed by atoms with Gasteiger partial charge in [0.2, 0.25) is 0 Å². The highest BCUT2D eigenvalue weighted by atomic mass is 19.1. The number of fused-ring (bicyclic) bond motifs is 1. The van der Waals surface area contributed by atoms with Crippen LogP contribution >= 0.6 is 0 Å². The molecule has 4 rings (SSSR count). The maximum atomic E-state index is 14.3. The van der Waals surface area contributed by atoms with Crippen LogP contribution in [0.5, 0.6) is 5.75 Å². The Hall–Kier alpha value is -3.34. The first-order valence-corrected chi connectivity index (χ1v) is 10.5. The van der Waals surface area contributed by atoms with E-state index >= 15 is 0 Å². The van der Waals surface area contributed by atoms with E-state index in [2.05, 4.69) is 17.4 Å². The fourth-order valence-electron chi connectivity index (χ4n) is 4.10. The Kier molecular flexibility index (Phi) is 5.94. The summed E-state index contributed by atoms with van der Waals surface area (Å²) in [7, 11) is 1.57. The molecule has 0 fully saturated rings. The first kappa shape index (κ1) is 20.9. The predicted octanol–water partition coefficient (Wildman–Crippen LogP) is 5.86. The van der Waals surface area contributed by atoms with Crippen LogP contribution in [0.2, 0.25) is 0 Å². The molecule has 160 valence electrons. The lowest BCUT2D eigenvalue weighted by molar-refractivity contribution is -0.141. The van der Waals surface area contributed by atoms with E-state index in [1.54, 1.807) is 26.2 Å². The summed E-state index contributed by atoms with van der Waals surface area (Å²) in [6.45, 7) is 1.73. The van der Waals surface area contributed by atoms with Crippen molar-refractivity contribution in [1.82, 2.24) is 0 Å². The molecule has 1 heterocycles. The molecule has 0 aromatic heterocycles. The summed E-state index contributed by atoms with van der Waals surface area (Å²) >= 11 is 0. The third-order valence-corrected chi connectivity index (χ3v) is 5.97. The number of benzene rings is 3. The number of ether oxygens (including phenoxy) is 1. The van der Waals surface area contributed by atoms with Crippen LogP contribution in [0.1, 0.15) is 36.1 Å². The maximum Gasteiger partial charge on any atom is 0.306 e. The molecule has 5 heteroatoms. The quantitative estimate of drug-likeness (QED) is 0.525. The number of nitrogens with one attached hydrogen (secondary N) is 1. The van der Waals surface area contributed by atoms with E-state index in [9.17, 15) is 14.3 Å². The second-order valence-electron chi connectivity index (χ2n) is 8.14. The van der Waals surface area contributed by atoms with Crippen molar-refractivity contribution in [2.24, 2.45) is 5.92 Å². The van der Waals surface area contributed by atoms with Crippen LogP contribution in [0.4, 0.5) is 10.1 Å². The molecule has 3 aromatic carbocycles. The topological polar surface area (TPSA) is 58.6 Å². The Bertz CT molecular complexity index is 1090. The number of halogens is 1. The molecule has 4 nitrogen and oxygen atoms in total. The smallest absolute Gasteiger partial charge is 0.306 e. The van der Waals surface area contributed by atoms with E-state index < -0.39 is 11.9 Å². The van der Waals surface area contributed by atoms with Gasteiger partial charge in [0.15, 0.2) is 0 Å². The molecule has 1 aliphatic rings. The van der Waals surface area contributed by atoms with Crippen molar-refractivity contribution in [2.45, 2.75) is 32.2 Å². The van der Waals surface area contributed by atoms with Gasteiger partial charge in [0.25, 0.3) is 0 Å². The minimum absolute atomic E-state index is 0.156. The molecule has 0 aliphatic carbocycles. The first-order valence-electron chi connectivity index (χ1n) is 10.5. The Morgan fingerprint density at radius 2 is 1.94 bits per heavy atom. The van der Waals surface area contributed by atoms with Gasteiger partial charge in [-0.1, -0.05) is 43.3 Å². The molecular formula is C26H26FNO3. The van der Waals surface area contributed by atoms with Crippen LogP contribution in [0, 0.1) is 11.7 Å². The molecule has 2 atom stereocenters. The van der Waals surface area contributed by atoms with Crippen molar-refractivity contribution < 1.29 is 19.0 Å². The maximum absolute atomic E-state index is 14.3. The van der Waals surface area contributed by atoms with Crippen LogP contribution in [0.15, 0.2) is 60.7 Å². The Labute approximate surface area is 181 Å². The number of carbonyl (C=O) groups is 1. The summed E-state index contributed by atoms with van der Waals surface area (Å²) in [4.78, 5) is 11.2. The second-order valence-corrected chi connectivity index (χ2v) is 8.14. The highest BCUT2D eigenvalue weighted by Crippen LogP contribution is 2.35. The lowest BCUT2D eigenvalue weighted by atomic mass is 9.90. The van der Waals surface area contributed by atoms with Crippen molar-refractivity contribution in [3.63, 3.8) is 0 Å². The van der Waals surface area contributed by atoms with Gasteiger partial charge in [-0.3, -0.25) is 4.79 Å². The number of hydrogen-bond acceptors (Lipinski definition) is 3. The molecule has 0 amide bonds. The Morgan fingerprint density at radius 3 is 2.65 bits per heavy atom. The fourth-order valence-corrected chi connectivity index (χ4v) is 4.10. The van der Waals surface area contributed by atoms with Crippen LogP contribution < -0.4 is 10.1 Å². The van der Waals surface area contributed by atoms with Gasteiger partial charge in [0.1, 0.15) is 11.6 Å². The fraction of sp³-hybridized carbons (Fsp3) is 0.269. The minimum atomic E-state index is -0.781. The molecule has 2 unspecified atom stereocenters. The van der Waals surface area contributed by atoms with Gasteiger partial charge in [0, 0.05) is 11.3 Å². The molecular weight excluding hydrogens is 393 g/mol. The van der Waals surface area contributed by atoms with Gasteiger partial charge in [-0.15, -0.1) is 0 Å². The van der Waals surface area contributed by atoms with Gasteiger partial charge in [-0.2, -0.15) is 0 Å². The lowest BCUT2D eigenvalue weighted by Crippen LogP contribution is -2.18. The average Bonchev–Trinajstić information content (AvgIpc) is 2.79. The molecule has 1 aliphatic heterocycles. The summed E-state index contributed by atoms with van der Waals surface area (Å²) in [6, 6.07) is 19.0. The van der Waals surface area contributed by atoms with Crippen LogP contribution in [-0.4, -0.2) is 18.2 Å². The van der Waals surface area contributed by atoms with Crippen molar-refractivity contribution in [3.05, 3.63) is 83.2 Å². The number of aryl methyl sites for hydroxylation is 1. The molecule has 2 N–H and O–H groups in total. The van der Waals surface area contributed by atoms with Crippen molar-refractivity contribution >= 4 is 11.7 Å². The number of carboxylic acids is 1. The van der Waals surface area contributed by atoms with Gasteiger partial charge in [-0.25, -0.2) is 4.39 Å². The Morgan fingerprint density at radius 1 is 1.16 bits per heavy atom. The van der Waals surface area contributed by atoms with E-state index in [4.69, 9.17) is 4.74 Å². The van der Waals surface area contributed by atoms with Crippen molar-refractivity contribution in [1.29, 1.82) is 0 Å². The predicted molar refractivity (Wildman–Crippen MR) is 120 cm³/mol. The average molecular weight is 419 g/mol. The number of hydrogen-bond donors (Lipinski definition) is 2. The van der Waals surface area contributed by atoms with Crippen LogP contribution in [0.25, 0.3) is 11.1 Å². The van der Waals surface area contributed by atoms with E-state index in [0.29, 0.717) is 17.7 Å². The summed E-state index contributed by atoms with van der Waals surface area (Å²) in [5.41, 5.74) is 5.80. The summed E-state index contributed by atoms with van der Waals surface area (Å²) < 4.78 is 19.5. The summed E-state index contributed by atoms with van der Waals surface area (Å²) in [6.07, 6.45) is 2.43. The van der Waals surface area contributed by atoms with Crippen molar-refractivity contribution in [3.8, 4) is 16.9 Å². The monoisotopic (exact) mass is 419 g/mol. The number of aliphatic carboxylic acids is 1. The number of carboxylic acid groups (broad SMARTS) is 1. The SMILES string of the molecule is COc1ccc(F)c(-c2ccc(C3CCc4ccc(CC(C)C(=O)O)cc4N3)cc2)c1. The molecule has 0 bridgehead atoms. The molecule has 3 aromatic rings. The van der Waals surface area contributed by atoms with Gasteiger partial charge >= 0.3 is 5.97 Å². The molecule has 31 heavy (non-hydrogen) atoms. The van der Waals surface area contributed by atoms with Crippen LogP contribution in [-0.2, 0) is 17.6 Å². The Balaban J connectivity index is 1.52. The minimum Gasteiger partial charge on any atom is -0.497 e. The zero-order chi connectivity index (χ0) is 22.0. The van der Waals surface area contributed by atoms with Gasteiger partial charge in [0.05, 0.1) is 19.1 Å². The highest BCUT2D eigenvalue weighted by molar-refractivity contribution is 5.70. The summed E-state index contributed by atoms with van der Waals surface area (Å²) in [5, 5.41) is 12.8. The summed E-state index contributed by atoms with van der Waals surface area (Å²) in [5.74, 6) is -0.849. The standard InChI is InChI=1S/C26H26FNO3/c1-16(26(29)30)13-17-3-4-20-9-12-24(28-25(20)14-17)19-7-5-18(6-8-19)22-15-21(31-2)10-11-23(22)27/h3-8,10-11,14-16,24,28H,9,12-13H2,1-2H3,(H,29,30). The number of methoxy groups -OCH3 is 1. The van der Waals surface area contributed by atoms with Gasteiger partial charge < -0.3 is 15.2 Å². The van der Waals surface area contributed by atoms with E-state index in [0.717, 1.165) is 35.2 Å². The largest absolute Gasteiger partial charge is 0.497 e. The van der Waals surface area contributed by atoms with Crippen LogP contribution in [0.3, 0.4) is 0 Å².